The molecular formula is C16H28N2. The molecule has 0 amide bonds. The van der Waals surface area contributed by atoms with Gasteiger partial charge < -0.3 is 10.2 Å². The summed E-state index contributed by atoms with van der Waals surface area (Å²) in [5, 5.41) is 3.19. The van der Waals surface area contributed by atoms with Crippen molar-refractivity contribution in [1.82, 2.24) is 10.2 Å². The van der Waals surface area contributed by atoms with Crippen LogP contribution in [0.4, 0.5) is 0 Å². The first kappa shape index (κ1) is 15.2. The Labute approximate surface area is 112 Å². The van der Waals surface area contributed by atoms with Crippen molar-refractivity contribution in [3.05, 3.63) is 35.4 Å². The van der Waals surface area contributed by atoms with E-state index in [1.54, 1.807) is 0 Å². The van der Waals surface area contributed by atoms with Crippen LogP contribution in [0.15, 0.2) is 24.3 Å². The van der Waals surface area contributed by atoms with Crippen LogP contribution in [0.1, 0.15) is 43.7 Å². The minimum Gasteiger partial charge on any atom is -0.320 e. The lowest BCUT2D eigenvalue weighted by atomic mass is 9.97. The molecule has 102 valence electrons. The van der Waals surface area contributed by atoms with Gasteiger partial charge >= 0.3 is 0 Å². The standard InChI is InChI=1S/C16H28N2/c1-5-14(2)16-9-7-15(8-10-16)13-18(4)12-6-11-17-3/h7-10,14,17H,5-6,11-13H2,1-4H3. The number of hydrogen-bond donors (Lipinski definition) is 1. The molecule has 1 unspecified atom stereocenters. The Balaban J connectivity index is 2.43. The van der Waals surface area contributed by atoms with Gasteiger partial charge in [-0.3, -0.25) is 0 Å². The average molecular weight is 248 g/mol. The second-order valence-corrected chi connectivity index (χ2v) is 5.25. The zero-order chi connectivity index (χ0) is 13.4. The summed E-state index contributed by atoms with van der Waals surface area (Å²) >= 11 is 0. The fourth-order valence-corrected chi connectivity index (χ4v) is 2.10. The summed E-state index contributed by atoms with van der Waals surface area (Å²) in [6.07, 6.45) is 2.42. The third-order valence-corrected chi connectivity index (χ3v) is 3.58. The predicted octanol–water partition coefficient (Wildman–Crippen LogP) is 3.24. The van der Waals surface area contributed by atoms with Crippen LogP contribution in [0, 0.1) is 0 Å². The molecule has 0 bridgehead atoms. The fraction of sp³-hybridized carbons (Fsp3) is 0.625. The normalized spacial score (nSPS) is 12.9. The first-order valence-electron chi connectivity index (χ1n) is 7.09. The molecule has 0 fully saturated rings. The van der Waals surface area contributed by atoms with E-state index in [9.17, 15) is 0 Å². The highest BCUT2D eigenvalue weighted by atomic mass is 15.1. The molecule has 2 heteroatoms. The third-order valence-electron chi connectivity index (χ3n) is 3.58. The first-order chi connectivity index (χ1) is 8.67. The van der Waals surface area contributed by atoms with E-state index in [0.717, 1.165) is 19.6 Å². The molecule has 1 atom stereocenters. The largest absolute Gasteiger partial charge is 0.320 e. The predicted molar refractivity (Wildman–Crippen MR) is 80.0 cm³/mol. The topological polar surface area (TPSA) is 15.3 Å². The third kappa shape index (κ3) is 5.19. The molecule has 0 aliphatic heterocycles. The van der Waals surface area contributed by atoms with Crippen molar-refractivity contribution in [1.29, 1.82) is 0 Å². The Morgan fingerprint density at radius 3 is 2.44 bits per heavy atom. The van der Waals surface area contributed by atoms with E-state index in [0.29, 0.717) is 5.92 Å². The molecule has 0 saturated carbocycles. The quantitative estimate of drug-likeness (QED) is 0.711. The summed E-state index contributed by atoms with van der Waals surface area (Å²) < 4.78 is 0. The maximum absolute atomic E-state index is 3.19. The van der Waals surface area contributed by atoms with Gasteiger partial charge in [0.2, 0.25) is 0 Å². The second-order valence-electron chi connectivity index (χ2n) is 5.25. The smallest absolute Gasteiger partial charge is 0.0230 e. The van der Waals surface area contributed by atoms with Gasteiger partial charge in [0.25, 0.3) is 0 Å². The van der Waals surface area contributed by atoms with Crippen LogP contribution in [-0.2, 0) is 6.54 Å². The highest BCUT2D eigenvalue weighted by Gasteiger charge is 2.04. The molecule has 0 aliphatic rings. The van der Waals surface area contributed by atoms with E-state index in [1.165, 1.54) is 24.0 Å². The summed E-state index contributed by atoms with van der Waals surface area (Å²) in [6.45, 7) is 7.82. The highest BCUT2D eigenvalue weighted by Crippen LogP contribution is 2.19. The Hall–Kier alpha value is -0.860. The lowest BCUT2D eigenvalue weighted by Gasteiger charge is -2.17. The minimum atomic E-state index is 0.674. The second kappa shape index (κ2) is 8.28. The van der Waals surface area contributed by atoms with Crippen molar-refractivity contribution >= 4 is 0 Å². The molecule has 2 nitrogen and oxygen atoms in total. The number of rotatable bonds is 8. The van der Waals surface area contributed by atoms with Crippen molar-refractivity contribution < 1.29 is 0 Å². The summed E-state index contributed by atoms with van der Waals surface area (Å²) in [5.41, 5.74) is 2.87. The van der Waals surface area contributed by atoms with Crippen LogP contribution in [0.25, 0.3) is 0 Å². The van der Waals surface area contributed by atoms with Gasteiger partial charge in [0.1, 0.15) is 0 Å². The molecule has 0 heterocycles. The zero-order valence-corrected chi connectivity index (χ0v) is 12.4. The van der Waals surface area contributed by atoms with Gasteiger partial charge in [-0.05, 0) is 57.1 Å². The van der Waals surface area contributed by atoms with Crippen molar-refractivity contribution in [3.63, 3.8) is 0 Å². The van der Waals surface area contributed by atoms with E-state index < -0.39 is 0 Å². The van der Waals surface area contributed by atoms with Gasteiger partial charge in [-0.1, -0.05) is 38.1 Å². The molecule has 1 rings (SSSR count). The number of nitrogens with zero attached hydrogens (tertiary/aromatic N) is 1. The fourth-order valence-electron chi connectivity index (χ4n) is 2.10. The van der Waals surface area contributed by atoms with Crippen LogP contribution in [0.5, 0.6) is 0 Å². The molecule has 0 aromatic heterocycles. The molecule has 1 N–H and O–H groups in total. The summed E-state index contributed by atoms with van der Waals surface area (Å²) in [4.78, 5) is 2.38. The molecular weight excluding hydrogens is 220 g/mol. The summed E-state index contributed by atoms with van der Waals surface area (Å²) in [6, 6.07) is 9.11. The Bertz CT molecular complexity index is 318. The molecule has 0 spiro atoms. The average Bonchev–Trinajstić information content (AvgIpc) is 2.39. The number of benzene rings is 1. The number of hydrogen-bond acceptors (Lipinski definition) is 2. The van der Waals surface area contributed by atoms with Crippen LogP contribution < -0.4 is 5.32 Å². The van der Waals surface area contributed by atoms with Crippen LogP contribution in [0.3, 0.4) is 0 Å². The molecule has 0 aliphatic carbocycles. The van der Waals surface area contributed by atoms with Gasteiger partial charge in [-0.15, -0.1) is 0 Å². The van der Waals surface area contributed by atoms with E-state index in [4.69, 9.17) is 0 Å². The highest BCUT2D eigenvalue weighted by molar-refractivity contribution is 5.24. The number of nitrogens with one attached hydrogen (secondary N) is 1. The molecule has 1 aromatic carbocycles. The first-order valence-corrected chi connectivity index (χ1v) is 7.09. The molecule has 0 radical (unpaired) electrons. The minimum absolute atomic E-state index is 0.674. The van der Waals surface area contributed by atoms with Gasteiger partial charge in [0.05, 0.1) is 0 Å². The molecule has 18 heavy (non-hydrogen) atoms. The Morgan fingerprint density at radius 1 is 1.22 bits per heavy atom. The van der Waals surface area contributed by atoms with E-state index in [2.05, 4.69) is 55.4 Å². The SMILES string of the molecule is CCC(C)c1ccc(CN(C)CCCNC)cc1. The van der Waals surface area contributed by atoms with Crippen molar-refractivity contribution in [2.24, 2.45) is 0 Å². The maximum atomic E-state index is 3.19. The van der Waals surface area contributed by atoms with Crippen molar-refractivity contribution in [3.8, 4) is 0 Å². The van der Waals surface area contributed by atoms with Crippen LogP contribution in [0.2, 0.25) is 0 Å². The monoisotopic (exact) mass is 248 g/mol. The van der Waals surface area contributed by atoms with Gasteiger partial charge in [-0.25, -0.2) is 0 Å². The van der Waals surface area contributed by atoms with Crippen molar-refractivity contribution in [2.45, 2.75) is 39.2 Å². The van der Waals surface area contributed by atoms with Crippen LogP contribution >= 0.6 is 0 Å². The molecule has 0 saturated heterocycles. The van der Waals surface area contributed by atoms with E-state index >= 15 is 0 Å². The lowest BCUT2D eigenvalue weighted by Crippen LogP contribution is -2.22. The summed E-state index contributed by atoms with van der Waals surface area (Å²) in [7, 11) is 4.20. The lowest BCUT2D eigenvalue weighted by molar-refractivity contribution is 0.321. The van der Waals surface area contributed by atoms with Gasteiger partial charge in [0.15, 0.2) is 0 Å². The maximum Gasteiger partial charge on any atom is 0.0230 e. The van der Waals surface area contributed by atoms with Crippen molar-refractivity contribution in [2.75, 3.05) is 27.2 Å². The van der Waals surface area contributed by atoms with E-state index in [1.807, 2.05) is 7.05 Å². The van der Waals surface area contributed by atoms with Gasteiger partial charge in [0, 0.05) is 6.54 Å². The zero-order valence-electron chi connectivity index (χ0n) is 12.4. The Kier molecular flexibility index (Phi) is 6.99. The summed E-state index contributed by atoms with van der Waals surface area (Å²) in [5.74, 6) is 0.674. The molecule has 1 aromatic rings. The van der Waals surface area contributed by atoms with Crippen LogP contribution in [-0.4, -0.2) is 32.1 Å². The van der Waals surface area contributed by atoms with E-state index in [-0.39, 0.29) is 0 Å². The Morgan fingerprint density at radius 2 is 1.89 bits per heavy atom. The van der Waals surface area contributed by atoms with Gasteiger partial charge in [-0.2, -0.15) is 0 Å².